The first-order valence-corrected chi connectivity index (χ1v) is 16.8. The highest BCUT2D eigenvalue weighted by molar-refractivity contribution is 8.00. The van der Waals surface area contributed by atoms with Gasteiger partial charge in [0.2, 0.25) is 21.8 Å². The lowest BCUT2D eigenvalue weighted by Crippen LogP contribution is -2.31. The zero-order valence-corrected chi connectivity index (χ0v) is 27.3. The lowest BCUT2D eigenvalue weighted by Gasteiger charge is -2.15. The molecule has 1 heterocycles. The first-order chi connectivity index (χ1) is 23.0. The third-order valence-corrected chi connectivity index (χ3v) is 9.31. The van der Waals surface area contributed by atoms with Gasteiger partial charge in [-0.15, -0.1) is 11.8 Å². The standard InChI is InChI=1S/C34H30N4O8S2/c1-45-25-13-8-22(29(19-25)46-2)18-28(37-32(40)21-6-4-3-5-7-21)33(41)36-23-9-14-26(15-10-23)47-30-20-31(39)38(34(30)42)24-11-16-27(17-12-24)48(35,43)44/h3-19,30H,20H2,1-2H3,(H,36,41)(H,37,40)(H2,35,43,44)/b28-18-. The van der Waals surface area contributed by atoms with E-state index in [9.17, 15) is 27.6 Å². The van der Waals surface area contributed by atoms with Crippen molar-refractivity contribution >= 4 is 62.9 Å². The molecule has 4 aromatic carbocycles. The number of benzene rings is 4. The van der Waals surface area contributed by atoms with Gasteiger partial charge in [-0.1, -0.05) is 18.2 Å². The molecule has 0 saturated carbocycles. The van der Waals surface area contributed by atoms with Crippen LogP contribution in [0.2, 0.25) is 0 Å². The van der Waals surface area contributed by atoms with Crippen molar-refractivity contribution in [1.82, 2.24) is 5.32 Å². The second-order valence-corrected chi connectivity index (χ2v) is 13.2. The summed E-state index contributed by atoms with van der Waals surface area (Å²) in [6.07, 6.45) is 1.44. The van der Waals surface area contributed by atoms with Gasteiger partial charge in [-0.3, -0.25) is 19.2 Å². The van der Waals surface area contributed by atoms with Crippen LogP contribution in [0, 0.1) is 0 Å². The molecule has 0 bridgehead atoms. The molecule has 1 saturated heterocycles. The van der Waals surface area contributed by atoms with Crippen LogP contribution in [-0.2, 0) is 24.4 Å². The zero-order valence-electron chi connectivity index (χ0n) is 25.7. The Morgan fingerprint density at radius 3 is 2.23 bits per heavy atom. The fourth-order valence-corrected chi connectivity index (χ4v) is 6.34. The first kappa shape index (κ1) is 33.9. The predicted molar refractivity (Wildman–Crippen MR) is 181 cm³/mol. The maximum atomic E-state index is 13.5. The van der Waals surface area contributed by atoms with Crippen molar-refractivity contribution in [3.8, 4) is 11.5 Å². The number of hydrogen-bond donors (Lipinski definition) is 3. The number of carbonyl (C=O) groups is 4. The lowest BCUT2D eigenvalue weighted by atomic mass is 10.1. The predicted octanol–water partition coefficient (Wildman–Crippen LogP) is 4.19. The van der Waals surface area contributed by atoms with E-state index in [0.717, 1.165) is 4.90 Å². The molecule has 246 valence electrons. The number of hydrogen-bond acceptors (Lipinski definition) is 9. The van der Waals surface area contributed by atoms with E-state index in [0.29, 0.717) is 33.2 Å². The number of amides is 4. The molecule has 4 aromatic rings. The molecule has 12 nitrogen and oxygen atoms in total. The molecule has 5 rings (SSSR count). The maximum absolute atomic E-state index is 13.5. The summed E-state index contributed by atoms with van der Waals surface area (Å²) in [6.45, 7) is 0. The normalized spacial score (nSPS) is 14.9. The molecule has 14 heteroatoms. The Kier molecular flexibility index (Phi) is 10.3. The first-order valence-electron chi connectivity index (χ1n) is 14.3. The van der Waals surface area contributed by atoms with Gasteiger partial charge in [-0.05, 0) is 78.9 Å². The van der Waals surface area contributed by atoms with E-state index in [1.54, 1.807) is 72.8 Å². The van der Waals surface area contributed by atoms with Gasteiger partial charge in [0, 0.05) is 34.2 Å². The molecule has 1 aliphatic rings. The summed E-state index contributed by atoms with van der Waals surface area (Å²) in [5.74, 6) is -0.969. The zero-order chi connectivity index (χ0) is 34.4. The van der Waals surface area contributed by atoms with Gasteiger partial charge < -0.3 is 20.1 Å². The van der Waals surface area contributed by atoms with E-state index in [2.05, 4.69) is 10.6 Å². The van der Waals surface area contributed by atoms with Crippen LogP contribution in [0.15, 0.2) is 113 Å². The Hall–Kier alpha value is -5.44. The second-order valence-electron chi connectivity index (χ2n) is 10.4. The summed E-state index contributed by atoms with van der Waals surface area (Å²) in [5.41, 5.74) is 1.50. The highest BCUT2D eigenvalue weighted by atomic mass is 32.2. The Balaban J connectivity index is 1.30. The van der Waals surface area contributed by atoms with Crippen LogP contribution in [0.25, 0.3) is 6.08 Å². The summed E-state index contributed by atoms with van der Waals surface area (Å²) in [5, 5.41) is 9.90. The average Bonchev–Trinajstić information content (AvgIpc) is 3.36. The molecular weight excluding hydrogens is 657 g/mol. The summed E-state index contributed by atoms with van der Waals surface area (Å²) in [6, 6.07) is 25.4. The van der Waals surface area contributed by atoms with Crippen LogP contribution >= 0.6 is 11.8 Å². The average molecular weight is 687 g/mol. The van der Waals surface area contributed by atoms with Crippen LogP contribution in [0.5, 0.6) is 11.5 Å². The minimum absolute atomic E-state index is 0.0435. The topological polar surface area (TPSA) is 174 Å². The molecule has 1 aliphatic heterocycles. The van der Waals surface area contributed by atoms with E-state index in [1.165, 1.54) is 56.3 Å². The fourth-order valence-electron chi connectivity index (χ4n) is 4.77. The third-order valence-electron chi connectivity index (χ3n) is 7.19. The van der Waals surface area contributed by atoms with Crippen molar-refractivity contribution in [1.29, 1.82) is 0 Å². The molecule has 4 amide bonds. The van der Waals surface area contributed by atoms with Crippen molar-refractivity contribution in [2.24, 2.45) is 5.14 Å². The van der Waals surface area contributed by atoms with Crippen LogP contribution in [-0.4, -0.2) is 51.5 Å². The molecule has 48 heavy (non-hydrogen) atoms. The number of sulfonamides is 1. The Morgan fingerprint density at radius 1 is 0.917 bits per heavy atom. The Morgan fingerprint density at radius 2 is 1.60 bits per heavy atom. The molecule has 1 atom stereocenters. The molecule has 0 radical (unpaired) electrons. The molecule has 0 spiro atoms. The van der Waals surface area contributed by atoms with Crippen molar-refractivity contribution in [2.75, 3.05) is 24.4 Å². The summed E-state index contributed by atoms with van der Waals surface area (Å²) < 4.78 is 33.8. The number of anilines is 2. The SMILES string of the molecule is COc1ccc(/C=C(\NC(=O)c2ccccc2)C(=O)Nc2ccc(SC3CC(=O)N(c4ccc(S(N)(=O)=O)cc4)C3=O)cc2)c(OC)c1. The van der Waals surface area contributed by atoms with Crippen molar-refractivity contribution < 1.29 is 37.1 Å². The Labute approximate surface area is 281 Å². The fraction of sp³-hybridized carbons (Fsp3) is 0.118. The monoisotopic (exact) mass is 686 g/mol. The summed E-state index contributed by atoms with van der Waals surface area (Å²) >= 11 is 1.18. The van der Waals surface area contributed by atoms with Gasteiger partial charge in [0.25, 0.3) is 11.8 Å². The summed E-state index contributed by atoms with van der Waals surface area (Å²) in [4.78, 5) is 53.9. The number of carbonyl (C=O) groups excluding carboxylic acids is 4. The number of thioether (sulfide) groups is 1. The lowest BCUT2D eigenvalue weighted by molar-refractivity contribution is -0.121. The quantitative estimate of drug-likeness (QED) is 0.154. The van der Waals surface area contributed by atoms with E-state index in [-0.39, 0.29) is 22.7 Å². The van der Waals surface area contributed by atoms with Crippen LogP contribution in [0.3, 0.4) is 0 Å². The number of nitrogens with one attached hydrogen (secondary N) is 2. The van der Waals surface area contributed by atoms with E-state index >= 15 is 0 Å². The van der Waals surface area contributed by atoms with Crippen LogP contribution in [0.1, 0.15) is 22.3 Å². The largest absolute Gasteiger partial charge is 0.497 e. The van der Waals surface area contributed by atoms with Gasteiger partial charge in [0.1, 0.15) is 17.2 Å². The number of nitrogens with two attached hydrogens (primary N) is 1. The molecule has 1 unspecified atom stereocenters. The van der Waals surface area contributed by atoms with Gasteiger partial charge in [-0.2, -0.15) is 0 Å². The molecule has 0 aromatic heterocycles. The highest BCUT2D eigenvalue weighted by Gasteiger charge is 2.40. The third kappa shape index (κ3) is 7.91. The number of rotatable bonds is 11. The molecule has 1 fully saturated rings. The van der Waals surface area contributed by atoms with Crippen LogP contribution < -0.4 is 30.1 Å². The highest BCUT2D eigenvalue weighted by Crippen LogP contribution is 2.35. The molecular formula is C34H30N4O8S2. The Bertz CT molecular complexity index is 2000. The van der Waals surface area contributed by atoms with E-state index in [4.69, 9.17) is 14.6 Å². The molecule has 0 aliphatic carbocycles. The second kappa shape index (κ2) is 14.5. The van der Waals surface area contributed by atoms with Crippen molar-refractivity contribution in [3.63, 3.8) is 0 Å². The molecule has 4 N–H and O–H groups in total. The number of imide groups is 1. The summed E-state index contributed by atoms with van der Waals surface area (Å²) in [7, 11) is -0.922. The number of ether oxygens (including phenoxy) is 2. The number of methoxy groups -OCH3 is 2. The van der Waals surface area contributed by atoms with E-state index < -0.39 is 38.9 Å². The minimum Gasteiger partial charge on any atom is -0.497 e. The van der Waals surface area contributed by atoms with E-state index in [1.807, 2.05) is 0 Å². The van der Waals surface area contributed by atoms with Crippen molar-refractivity contribution in [3.05, 3.63) is 114 Å². The van der Waals surface area contributed by atoms with Gasteiger partial charge in [0.15, 0.2) is 0 Å². The minimum atomic E-state index is -3.92. The van der Waals surface area contributed by atoms with Gasteiger partial charge in [0.05, 0.1) is 30.1 Å². The number of primary sulfonamides is 1. The maximum Gasteiger partial charge on any atom is 0.272 e. The van der Waals surface area contributed by atoms with Gasteiger partial charge >= 0.3 is 0 Å². The van der Waals surface area contributed by atoms with Crippen molar-refractivity contribution in [2.45, 2.75) is 21.5 Å². The van der Waals surface area contributed by atoms with Crippen LogP contribution in [0.4, 0.5) is 11.4 Å². The van der Waals surface area contributed by atoms with Gasteiger partial charge in [-0.25, -0.2) is 18.5 Å². The number of nitrogens with zero attached hydrogens (tertiary/aromatic N) is 1. The smallest absolute Gasteiger partial charge is 0.272 e.